The Kier molecular flexibility index (Phi) is 1.86. The largest absolute Gasteiger partial charge is 0.299 e. The van der Waals surface area contributed by atoms with Gasteiger partial charge in [0.2, 0.25) is 0 Å². The van der Waals surface area contributed by atoms with E-state index in [1.807, 2.05) is 0 Å². The van der Waals surface area contributed by atoms with E-state index in [2.05, 4.69) is 20.4 Å². The van der Waals surface area contributed by atoms with Crippen molar-refractivity contribution in [1.29, 1.82) is 0 Å². The van der Waals surface area contributed by atoms with Gasteiger partial charge in [-0.1, -0.05) is 26.0 Å². The molecule has 0 saturated heterocycles. The SMILES string of the molecule is C=C1C[C@H]2CC(C)(C)CC(=O)[C@H]2C1. The zero-order valence-electron chi connectivity index (χ0n) is 8.60. The van der Waals surface area contributed by atoms with E-state index in [0.29, 0.717) is 17.6 Å². The maximum absolute atomic E-state index is 11.8. The molecule has 72 valence electrons. The number of carbonyl (C=O) groups is 1. The molecular weight excluding hydrogens is 160 g/mol. The monoisotopic (exact) mass is 178 g/mol. The summed E-state index contributed by atoms with van der Waals surface area (Å²) < 4.78 is 0. The summed E-state index contributed by atoms with van der Waals surface area (Å²) in [7, 11) is 0. The molecule has 2 atom stereocenters. The summed E-state index contributed by atoms with van der Waals surface area (Å²) in [6.45, 7) is 8.43. The Morgan fingerprint density at radius 3 is 2.77 bits per heavy atom. The highest BCUT2D eigenvalue weighted by Gasteiger charge is 2.43. The van der Waals surface area contributed by atoms with Gasteiger partial charge in [-0.25, -0.2) is 0 Å². The van der Waals surface area contributed by atoms with Crippen LogP contribution in [0.5, 0.6) is 0 Å². The highest BCUT2D eigenvalue weighted by molar-refractivity contribution is 5.83. The number of carbonyl (C=O) groups excluding carboxylic acids is 1. The van der Waals surface area contributed by atoms with Gasteiger partial charge in [0.05, 0.1) is 0 Å². The Labute approximate surface area is 80.2 Å². The van der Waals surface area contributed by atoms with Crippen molar-refractivity contribution in [2.75, 3.05) is 0 Å². The lowest BCUT2D eigenvalue weighted by Gasteiger charge is -2.36. The summed E-state index contributed by atoms with van der Waals surface area (Å²) >= 11 is 0. The highest BCUT2D eigenvalue weighted by atomic mass is 16.1. The highest BCUT2D eigenvalue weighted by Crippen LogP contribution is 2.48. The van der Waals surface area contributed by atoms with Gasteiger partial charge in [0, 0.05) is 12.3 Å². The number of allylic oxidation sites excluding steroid dienone is 1. The van der Waals surface area contributed by atoms with Crippen molar-refractivity contribution in [3.8, 4) is 0 Å². The first kappa shape index (κ1) is 8.98. The minimum absolute atomic E-state index is 0.239. The van der Waals surface area contributed by atoms with Crippen LogP contribution in [0.1, 0.15) is 39.5 Å². The Hall–Kier alpha value is -0.590. The summed E-state index contributed by atoms with van der Waals surface area (Å²) in [5.74, 6) is 1.43. The zero-order valence-corrected chi connectivity index (χ0v) is 8.60. The lowest BCUT2D eigenvalue weighted by molar-refractivity contribution is -0.129. The molecule has 1 heteroatoms. The van der Waals surface area contributed by atoms with Gasteiger partial charge in [0.1, 0.15) is 5.78 Å². The third kappa shape index (κ3) is 1.56. The second kappa shape index (κ2) is 2.70. The van der Waals surface area contributed by atoms with Crippen LogP contribution in [0.2, 0.25) is 0 Å². The number of fused-ring (bicyclic) bond motifs is 1. The van der Waals surface area contributed by atoms with Crippen LogP contribution in [0.25, 0.3) is 0 Å². The summed E-state index contributed by atoms with van der Waals surface area (Å²) in [6.07, 6.45) is 4.06. The minimum atomic E-state index is 0.239. The zero-order chi connectivity index (χ0) is 9.64. The lowest BCUT2D eigenvalue weighted by Crippen LogP contribution is -2.34. The van der Waals surface area contributed by atoms with E-state index in [9.17, 15) is 4.79 Å². The Morgan fingerprint density at radius 1 is 1.38 bits per heavy atom. The van der Waals surface area contributed by atoms with Crippen LogP contribution in [0.15, 0.2) is 12.2 Å². The lowest BCUT2D eigenvalue weighted by atomic mass is 9.68. The van der Waals surface area contributed by atoms with E-state index in [4.69, 9.17) is 0 Å². The number of ketones is 1. The van der Waals surface area contributed by atoms with Gasteiger partial charge in [0.25, 0.3) is 0 Å². The van der Waals surface area contributed by atoms with Gasteiger partial charge in [-0.15, -0.1) is 0 Å². The molecule has 0 aliphatic heterocycles. The van der Waals surface area contributed by atoms with E-state index in [1.165, 1.54) is 12.0 Å². The van der Waals surface area contributed by atoms with Crippen molar-refractivity contribution >= 4 is 5.78 Å². The predicted octanol–water partition coefficient (Wildman–Crippen LogP) is 2.96. The molecule has 0 amide bonds. The molecule has 2 aliphatic rings. The molecule has 0 bridgehead atoms. The summed E-state index contributed by atoms with van der Waals surface area (Å²) in [5, 5.41) is 0. The van der Waals surface area contributed by atoms with Gasteiger partial charge >= 0.3 is 0 Å². The van der Waals surface area contributed by atoms with Gasteiger partial charge in [0.15, 0.2) is 0 Å². The predicted molar refractivity (Wildman–Crippen MR) is 53.4 cm³/mol. The summed E-state index contributed by atoms with van der Waals surface area (Å²) in [6, 6.07) is 0. The minimum Gasteiger partial charge on any atom is -0.299 e. The Bertz CT molecular complexity index is 262. The van der Waals surface area contributed by atoms with Gasteiger partial charge < -0.3 is 0 Å². The average Bonchev–Trinajstić information content (AvgIpc) is 2.27. The first-order valence-electron chi connectivity index (χ1n) is 5.17. The molecule has 1 nitrogen and oxygen atoms in total. The van der Waals surface area contributed by atoms with Crippen LogP contribution >= 0.6 is 0 Å². The number of hydrogen-bond donors (Lipinski definition) is 0. The first-order chi connectivity index (χ1) is 5.98. The normalized spacial score (nSPS) is 37.7. The fraction of sp³-hybridized carbons (Fsp3) is 0.750. The summed E-state index contributed by atoms with van der Waals surface area (Å²) in [5.41, 5.74) is 1.53. The Morgan fingerprint density at radius 2 is 2.08 bits per heavy atom. The summed E-state index contributed by atoms with van der Waals surface area (Å²) in [4.78, 5) is 11.8. The van der Waals surface area contributed by atoms with E-state index in [0.717, 1.165) is 19.3 Å². The molecule has 0 N–H and O–H groups in total. The van der Waals surface area contributed by atoms with Crippen LogP contribution < -0.4 is 0 Å². The van der Waals surface area contributed by atoms with E-state index in [-0.39, 0.29) is 5.41 Å². The Balaban J connectivity index is 2.20. The quantitative estimate of drug-likeness (QED) is 0.521. The van der Waals surface area contributed by atoms with Crippen LogP contribution in [0.4, 0.5) is 0 Å². The van der Waals surface area contributed by atoms with Crippen molar-refractivity contribution < 1.29 is 4.79 Å². The van der Waals surface area contributed by atoms with E-state index in [1.54, 1.807) is 0 Å². The molecule has 2 aliphatic carbocycles. The van der Waals surface area contributed by atoms with Gasteiger partial charge in [-0.05, 0) is 30.6 Å². The molecule has 2 saturated carbocycles. The molecule has 0 unspecified atom stereocenters. The standard InChI is InChI=1S/C12H18O/c1-8-4-9-6-12(2,3)7-11(13)10(9)5-8/h9-10H,1,4-7H2,2-3H3/t9-,10-/m0/s1. The molecule has 0 spiro atoms. The van der Waals surface area contributed by atoms with E-state index < -0.39 is 0 Å². The number of hydrogen-bond acceptors (Lipinski definition) is 1. The van der Waals surface area contributed by atoms with E-state index >= 15 is 0 Å². The van der Waals surface area contributed by atoms with Crippen molar-refractivity contribution in [3.05, 3.63) is 12.2 Å². The second-order valence-corrected chi connectivity index (χ2v) is 5.54. The average molecular weight is 178 g/mol. The van der Waals surface area contributed by atoms with Crippen LogP contribution in [-0.2, 0) is 4.79 Å². The molecule has 2 fully saturated rings. The molecule has 13 heavy (non-hydrogen) atoms. The van der Waals surface area contributed by atoms with Crippen molar-refractivity contribution in [2.45, 2.75) is 39.5 Å². The van der Waals surface area contributed by atoms with Crippen molar-refractivity contribution in [3.63, 3.8) is 0 Å². The third-order valence-electron chi connectivity index (χ3n) is 3.51. The maximum Gasteiger partial charge on any atom is 0.137 e. The molecule has 2 rings (SSSR count). The van der Waals surface area contributed by atoms with Crippen LogP contribution in [-0.4, -0.2) is 5.78 Å². The number of Topliss-reactive ketones (excluding diaryl/α,β-unsaturated/α-hetero) is 1. The smallest absolute Gasteiger partial charge is 0.137 e. The molecule has 0 aromatic rings. The van der Waals surface area contributed by atoms with Gasteiger partial charge in [-0.2, -0.15) is 0 Å². The molecule has 0 aromatic heterocycles. The molecule has 0 aromatic carbocycles. The third-order valence-corrected chi connectivity index (χ3v) is 3.51. The fourth-order valence-corrected chi connectivity index (χ4v) is 3.05. The van der Waals surface area contributed by atoms with Crippen LogP contribution in [0.3, 0.4) is 0 Å². The van der Waals surface area contributed by atoms with Crippen molar-refractivity contribution in [1.82, 2.24) is 0 Å². The van der Waals surface area contributed by atoms with Crippen LogP contribution in [0, 0.1) is 17.3 Å². The number of rotatable bonds is 0. The second-order valence-electron chi connectivity index (χ2n) is 5.54. The molecule has 0 heterocycles. The fourth-order valence-electron chi connectivity index (χ4n) is 3.05. The molecular formula is C12H18O. The molecule has 0 radical (unpaired) electrons. The van der Waals surface area contributed by atoms with Crippen molar-refractivity contribution in [2.24, 2.45) is 17.3 Å². The first-order valence-corrected chi connectivity index (χ1v) is 5.17. The maximum atomic E-state index is 11.8. The topological polar surface area (TPSA) is 17.1 Å². The van der Waals surface area contributed by atoms with Gasteiger partial charge in [-0.3, -0.25) is 4.79 Å².